The van der Waals surface area contributed by atoms with Gasteiger partial charge in [0.15, 0.2) is 11.5 Å². The highest BCUT2D eigenvalue weighted by Crippen LogP contribution is 2.32. The molecule has 1 saturated heterocycles. The Bertz CT molecular complexity index is 791. The van der Waals surface area contributed by atoms with Crippen LogP contribution in [0.15, 0.2) is 42.5 Å². The molecule has 3 rings (SSSR count). The minimum Gasteiger partial charge on any atom is -0.493 e. The molecular formula is C21H25FN2O4. The second kappa shape index (κ2) is 9.52. The Labute approximate surface area is 164 Å². The molecule has 1 N–H and O–H groups in total. The summed E-state index contributed by atoms with van der Waals surface area (Å²) in [5, 5.41) is 2.96. The van der Waals surface area contributed by atoms with E-state index in [1.165, 1.54) is 24.3 Å². The molecule has 7 heteroatoms. The van der Waals surface area contributed by atoms with Crippen molar-refractivity contribution in [2.45, 2.75) is 6.04 Å². The van der Waals surface area contributed by atoms with Crippen molar-refractivity contribution in [3.63, 3.8) is 0 Å². The first-order valence-corrected chi connectivity index (χ1v) is 9.20. The van der Waals surface area contributed by atoms with Crippen LogP contribution in [0.2, 0.25) is 0 Å². The molecule has 28 heavy (non-hydrogen) atoms. The molecule has 1 fully saturated rings. The first kappa shape index (κ1) is 20.1. The summed E-state index contributed by atoms with van der Waals surface area (Å²) in [5.41, 5.74) is 1.44. The number of nitrogens with one attached hydrogen (secondary N) is 1. The Morgan fingerprint density at radius 2 is 1.79 bits per heavy atom. The first-order valence-electron chi connectivity index (χ1n) is 9.20. The van der Waals surface area contributed by atoms with Crippen molar-refractivity contribution in [3.05, 3.63) is 59.4 Å². The highest BCUT2D eigenvalue weighted by atomic mass is 19.1. The number of methoxy groups -OCH3 is 2. The third-order valence-corrected chi connectivity index (χ3v) is 4.84. The molecular weight excluding hydrogens is 363 g/mol. The van der Waals surface area contributed by atoms with Crippen LogP contribution in [0.5, 0.6) is 11.5 Å². The molecule has 1 unspecified atom stereocenters. The molecule has 1 heterocycles. The van der Waals surface area contributed by atoms with Gasteiger partial charge in [-0.2, -0.15) is 0 Å². The lowest BCUT2D eigenvalue weighted by Gasteiger charge is -2.35. The van der Waals surface area contributed by atoms with Gasteiger partial charge in [-0.3, -0.25) is 9.69 Å². The second-order valence-corrected chi connectivity index (χ2v) is 6.50. The zero-order valence-corrected chi connectivity index (χ0v) is 16.1. The number of hydrogen-bond acceptors (Lipinski definition) is 5. The van der Waals surface area contributed by atoms with Gasteiger partial charge < -0.3 is 19.5 Å². The summed E-state index contributed by atoms with van der Waals surface area (Å²) in [6, 6.07) is 11.2. The fourth-order valence-corrected chi connectivity index (χ4v) is 3.30. The average Bonchev–Trinajstić information content (AvgIpc) is 2.74. The molecule has 0 saturated carbocycles. The molecule has 0 spiro atoms. The molecule has 6 nitrogen and oxygen atoms in total. The third-order valence-electron chi connectivity index (χ3n) is 4.84. The average molecular weight is 388 g/mol. The Kier molecular flexibility index (Phi) is 6.84. The maximum atomic E-state index is 13.1. The lowest BCUT2D eigenvalue weighted by Crippen LogP contribution is -2.43. The number of hydrogen-bond donors (Lipinski definition) is 1. The minimum absolute atomic E-state index is 0.0481. The summed E-state index contributed by atoms with van der Waals surface area (Å²) in [6.45, 7) is 3.24. The molecule has 1 aliphatic heterocycles. The molecule has 0 bridgehead atoms. The van der Waals surface area contributed by atoms with Gasteiger partial charge in [0.25, 0.3) is 5.91 Å². The van der Waals surface area contributed by atoms with Crippen molar-refractivity contribution in [1.82, 2.24) is 10.2 Å². The monoisotopic (exact) mass is 388 g/mol. The van der Waals surface area contributed by atoms with Gasteiger partial charge in [-0.1, -0.05) is 6.07 Å². The second-order valence-electron chi connectivity index (χ2n) is 6.50. The van der Waals surface area contributed by atoms with Crippen LogP contribution < -0.4 is 14.8 Å². The normalized spacial score (nSPS) is 15.7. The zero-order valence-electron chi connectivity index (χ0n) is 16.1. The van der Waals surface area contributed by atoms with E-state index >= 15 is 0 Å². The van der Waals surface area contributed by atoms with Crippen molar-refractivity contribution in [2.75, 3.05) is 47.1 Å². The lowest BCUT2D eigenvalue weighted by molar-refractivity contribution is 0.0162. The number of rotatable bonds is 7. The van der Waals surface area contributed by atoms with Gasteiger partial charge >= 0.3 is 0 Å². The smallest absolute Gasteiger partial charge is 0.251 e. The highest BCUT2D eigenvalue weighted by Gasteiger charge is 2.24. The predicted molar refractivity (Wildman–Crippen MR) is 103 cm³/mol. The topological polar surface area (TPSA) is 60.0 Å². The molecule has 0 radical (unpaired) electrons. The standard InChI is InChI=1S/C21H25FN2O4/c1-26-19-8-5-16(13-20(19)27-2)18(24-9-11-28-12-10-24)14-23-21(25)15-3-6-17(22)7-4-15/h3-8,13,18H,9-12,14H2,1-2H3,(H,23,25). The summed E-state index contributed by atoms with van der Waals surface area (Å²) in [5.74, 6) is 0.692. The lowest BCUT2D eigenvalue weighted by atomic mass is 10.0. The van der Waals surface area contributed by atoms with Gasteiger partial charge in [-0.05, 0) is 42.0 Å². The van der Waals surface area contributed by atoms with Crippen molar-refractivity contribution in [3.8, 4) is 11.5 Å². The molecule has 2 aromatic carbocycles. The van der Waals surface area contributed by atoms with Crippen molar-refractivity contribution < 1.29 is 23.4 Å². The van der Waals surface area contributed by atoms with Crippen LogP contribution in [0, 0.1) is 5.82 Å². The number of carbonyl (C=O) groups is 1. The largest absolute Gasteiger partial charge is 0.493 e. The van der Waals surface area contributed by atoms with Crippen molar-refractivity contribution in [1.29, 1.82) is 0 Å². The van der Waals surface area contributed by atoms with Gasteiger partial charge in [0.2, 0.25) is 0 Å². The van der Waals surface area contributed by atoms with Gasteiger partial charge in [-0.15, -0.1) is 0 Å². The molecule has 150 valence electrons. The van der Waals surface area contributed by atoms with E-state index < -0.39 is 0 Å². The number of morpholine rings is 1. The van der Waals surface area contributed by atoms with Crippen LogP contribution in [0.3, 0.4) is 0 Å². The predicted octanol–water partition coefficient (Wildman–Crippen LogP) is 2.65. The van der Waals surface area contributed by atoms with E-state index in [0.29, 0.717) is 36.8 Å². The van der Waals surface area contributed by atoms with E-state index in [0.717, 1.165) is 18.7 Å². The molecule has 2 aromatic rings. The number of halogens is 1. The number of amides is 1. The molecule has 0 aromatic heterocycles. The van der Waals surface area contributed by atoms with Crippen LogP contribution in [-0.4, -0.2) is 57.9 Å². The summed E-state index contributed by atoms with van der Waals surface area (Å²) < 4.78 is 29.3. The highest BCUT2D eigenvalue weighted by molar-refractivity contribution is 5.94. The Morgan fingerprint density at radius 1 is 1.11 bits per heavy atom. The maximum absolute atomic E-state index is 13.1. The molecule has 0 aliphatic carbocycles. The van der Waals surface area contributed by atoms with Gasteiger partial charge in [0, 0.05) is 25.2 Å². The van der Waals surface area contributed by atoms with E-state index in [1.807, 2.05) is 18.2 Å². The Balaban J connectivity index is 1.79. The van der Waals surface area contributed by atoms with Crippen LogP contribution in [0.1, 0.15) is 22.0 Å². The van der Waals surface area contributed by atoms with Crippen molar-refractivity contribution >= 4 is 5.91 Å². The van der Waals surface area contributed by atoms with E-state index in [1.54, 1.807) is 14.2 Å². The SMILES string of the molecule is COc1ccc(C(CNC(=O)c2ccc(F)cc2)N2CCOCC2)cc1OC. The van der Waals surface area contributed by atoms with Gasteiger partial charge in [0.1, 0.15) is 5.82 Å². The third kappa shape index (κ3) is 4.79. The molecule has 1 amide bonds. The summed E-state index contributed by atoms with van der Waals surface area (Å²) >= 11 is 0. The van der Waals surface area contributed by atoms with E-state index in [2.05, 4.69) is 10.2 Å². The van der Waals surface area contributed by atoms with E-state index in [4.69, 9.17) is 14.2 Å². The number of ether oxygens (including phenoxy) is 3. The minimum atomic E-state index is -0.368. The van der Waals surface area contributed by atoms with Crippen LogP contribution >= 0.6 is 0 Å². The summed E-state index contributed by atoms with van der Waals surface area (Å²) in [7, 11) is 3.20. The molecule has 1 aliphatic rings. The number of nitrogens with zero attached hydrogens (tertiary/aromatic N) is 1. The van der Waals surface area contributed by atoms with Gasteiger partial charge in [0.05, 0.1) is 33.5 Å². The van der Waals surface area contributed by atoms with Gasteiger partial charge in [-0.25, -0.2) is 4.39 Å². The van der Waals surface area contributed by atoms with Crippen LogP contribution in [0.4, 0.5) is 4.39 Å². The quantitative estimate of drug-likeness (QED) is 0.790. The zero-order chi connectivity index (χ0) is 19.9. The van der Waals surface area contributed by atoms with Crippen LogP contribution in [0.25, 0.3) is 0 Å². The fraction of sp³-hybridized carbons (Fsp3) is 0.381. The van der Waals surface area contributed by atoms with Crippen LogP contribution in [-0.2, 0) is 4.74 Å². The number of benzene rings is 2. The summed E-state index contributed by atoms with van der Waals surface area (Å²) in [4.78, 5) is 14.8. The summed E-state index contributed by atoms with van der Waals surface area (Å²) in [6.07, 6.45) is 0. The fourth-order valence-electron chi connectivity index (χ4n) is 3.30. The Morgan fingerprint density at radius 3 is 2.43 bits per heavy atom. The van der Waals surface area contributed by atoms with E-state index in [-0.39, 0.29) is 17.8 Å². The maximum Gasteiger partial charge on any atom is 0.251 e. The first-order chi connectivity index (χ1) is 13.6. The van der Waals surface area contributed by atoms with Crippen molar-refractivity contribution in [2.24, 2.45) is 0 Å². The molecule has 1 atom stereocenters. The van der Waals surface area contributed by atoms with E-state index in [9.17, 15) is 9.18 Å². The Hall–Kier alpha value is -2.64. The number of carbonyl (C=O) groups excluding carboxylic acids is 1.